The number of aryl methyl sites for hydroxylation is 3. The summed E-state index contributed by atoms with van der Waals surface area (Å²) in [4.78, 5) is 5.12. The van der Waals surface area contributed by atoms with Crippen LogP contribution in [0.3, 0.4) is 0 Å². The molecule has 0 unspecified atom stereocenters. The van der Waals surface area contributed by atoms with Gasteiger partial charge < -0.3 is 23.2 Å². The highest BCUT2D eigenvalue weighted by Crippen LogP contribution is 2.49. The molecule has 5 nitrogen and oxygen atoms in total. The van der Waals surface area contributed by atoms with Gasteiger partial charge in [-0.25, -0.2) is 0 Å². The van der Waals surface area contributed by atoms with Gasteiger partial charge in [0.15, 0.2) is 0 Å². The Morgan fingerprint density at radius 2 is 1.16 bits per heavy atom. The second-order valence-electron chi connectivity index (χ2n) is 22.8. The zero-order chi connectivity index (χ0) is 53.6. The molecule has 0 amide bonds. The van der Waals surface area contributed by atoms with Gasteiger partial charge in [0.2, 0.25) is 0 Å². The third kappa shape index (κ3) is 6.96. The molecule has 3 aromatic heterocycles. The number of aromatic nitrogens is 1. The van der Waals surface area contributed by atoms with Crippen LogP contribution in [0, 0.1) is 20.8 Å². The average molecular weight is 1020 g/mol. The highest BCUT2D eigenvalue weighted by Gasteiger charge is 2.45. The Labute approximate surface area is 460 Å². The zero-order valence-corrected chi connectivity index (χ0v) is 45.3. The number of hydrogen-bond acceptors (Lipinski definition) is 4. The fourth-order valence-corrected chi connectivity index (χ4v) is 13.3. The largest absolute Gasteiger partial charge is 0.455 e. The van der Waals surface area contributed by atoms with Crippen LogP contribution in [0.15, 0.2) is 222 Å². The predicted octanol–water partition coefficient (Wildman–Crippen LogP) is 16.2. The van der Waals surface area contributed by atoms with Crippen molar-refractivity contribution < 1.29 is 8.83 Å². The van der Waals surface area contributed by atoms with Crippen LogP contribution in [0.1, 0.15) is 48.6 Å². The Kier molecular flexibility index (Phi) is 10.2. The number of fused-ring (bicyclic) bond motifs is 11. The molecule has 0 saturated heterocycles. The minimum atomic E-state index is -0.0968. The molecule has 6 heteroatoms. The molecule has 0 atom stereocenters. The molecule has 13 aromatic rings. The Bertz CT molecular complexity index is 4830. The summed E-state index contributed by atoms with van der Waals surface area (Å²) in [5.74, 6) is 0. The summed E-state index contributed by atoms with van der Waals surface area (Å²) in [6.45, 7) is 22.5. The normalized spacial score (nSPS) is 13.4. The predicted molar refractivity (Wildman–Crippen MR) is 334 cm³/mol. The number of anilines is 6. The third-order valence-corrected chi connectivity index (χ3v) is 16.9. The van der Waals surface area contributed by atoms with E-state index in [9.17, 15) is 0 Å². The van der Waals surface area contributed by atoms with Crippen LogP contribution < -0.4 is 36.8 Å². The Morgan fingerprint density at radius 3 is 1.89 bits per heavy atom. The van der Waals surface area contributed by atoms with Crippen molar-refractivity contribution in [1.29, 1.82) is 0 Å². The quantitative estimate of drug-likeness (QED) is 0.156. The van der Waals surface area contributed by atoms with E-state index in [0.717, 1.165) is 105 Å². The smallest absolute Gasteiger partial charge is 0.252 e. The van der Waals surface area contributed by atoms with Crippen LogP contribution in [0.5, 0.6) is 0 Å². The van der Waals surface area contributed by atoms with E-state index in [2.05, 4.69) is 245 Å². The van der Waals surface area contributed by atoms with Gasteiger partial charge in [-0.3, -0.25) is 0 Å². The van der Waals surface area contributed by atoms with Crippen LogP contribution in [-0.2, 0) is 5.41 Å². The Balaban J connectivity index is 1.00. The molecule has 2 aliphatic heterocycles. The number of allylic oxidation sites excluding steroid dienone is 1. The van der Waals surface area contributed by atoms with Crippen molar-refractivity contribution in [2.45, 2.75) is 47.0 Å². The maximum Gasteiger partial charge on any atom is 0.252 e. The van der Waals surface area contributed by atoms with E-state index in [-0.39, 0.29) is 12.1 Å². The van der Waals surface area contributed by atoms with Crippen LogP contribution in [-0.4, -0.2) is 11.3 Å². The molecule has 0 fully saturated rings. The highest BCUT2D eigenvalue weighted by molar-refractivity contribution is 7.00. The lowest BCUT2D eigenvalue weighted by Gasteiger charge is -2.45. The molecule has 0 radical (unpaired) electrons. The van der Waals surface area contributed by atoms with Gasteiger partial charge in [-0.2, -0.15) is 0 Å². The second-order valence-corrected chi connectivity index (χ2v) is 22.8. The van der Waals surface area contributed by atoms with E-state index in [4.69, 9.17) is 8.83 Å². The lowest BCUT2D eigenvalue weighted by Crippen LogP contribution is -2.61. The summed E-state index contributed by atoms with van der Waals surface area (Å²) in [5, 5.41) is 6.58. The molecule has 0 saturated carbocycles. The Hall–Kier alpha value is -9.52. The van der Waals surface area contributed by atoms with E-state index >= 15 is 0 Å². The van der Waals surface area contributed by atoms with Crippen LogP contribution >= 0.6 is 0 Å². The molecule has 79 heavy (non-hydrogen) atoms. The van der Waals surface area contributed by atoms with Crippen LogP contribution in [0.2, 0.25) is 0 Å². The van der Waals surface area contributed by atoms with E-state index in [0.29, 0.717) is 0 Å². The molecule has 0 spiro atoms. The van der Waals surface area contributed by atoms with Crippen molar-refractivity contribution >= 4 is 124 Å². The van der Waals surface area contributed by atoms with Gasteiger partial charge in [-0.1, -0.05) is 161 Å². The molecule has 10 aromatic carbocycles. The first-order chi connectivity index (χ1) is 38.4. The van der Waals surface area contributed by atoms with Crippen molar-refractivity contribution in [3.8, 4) is 16.8 Å². The van der Waals surface area contributed by atoms with Gasteiger partial charge in [0.05, 0.1) is 16.7 Å². The fourth-order valence-electron chi connectivity index (χ4n) is 13.3. The molecule has 0 bridgehead atoms. The van der Waals surface area contributed by atoms with Crippen molar-refractivity contribution in [2.75, 3.05) is 9.80 Å². The number of hydrogen-bond donors (Lipinski definition) is 0. The van der Waals surface area contributed by atoms with Gasteiger partial charge in [0.25, 0.3) is 6.71 Å². The van der Waals surface area contributed by atoms with Crippen molar-refractivity contribution in [3.63, 3.8) is 0 Å². The van der Waals surface area contributed by atoms with Gasteiger partial charge in [-0.05, 0) is 155 Å². The monoisotopic (exact) mass is 1020 g/mol. The van der Waals surface area contributed by atoms with Crippen molar-refractivity contribution in [3.05, 3.63) is 251 Å². The van der Waals surface area contributed by atoms with Gasteiger partial charge in [0, 0.05) is 77.4 Å². The molecule has 0 aliphatic carbocycles. The summed E-state index contributed by atoms with van der Waals surface area (Å²) in [7, 11) is 0. The molecule has 5 heterocycles. The first kappa shape index (κ1) is 46.8. The SMILES string of the molecule is C=C/C(c1cc(C)c(N2c3cc4c(cc3B3c5cc(C(C)(C)C)ccc5N(c5ccc(-c6cccc7c6oc6ccccc67)cc5)c5cc(C)cc2c53)c2ccccc2n4-c2ccccc2)c(C)c1)=c1/oc2ccccc2c1=C. The van der Waals surface area contributed by atoms with Gasteiger partial charge in [0.1, 0.15) is 22.2 Å². The Morgan fingerprint density at radius 1 is 0.519 bits per heavy atom. The highest BCUT2D eigenvalue weighted by atomic mass is 16.3. The number of rotatable bonds is 6. The van der Waals surface area contributed by atoms with E-state index in [1.807, 2.05) is 30.3 Å². The molecule has 378 valence electrons. The molecule has 0 N–H and O–H groups in total. The van der Waals surface area contributed by atoms with Gasteiger partial charge in [-0.15, -0.1) is 0 Å². The lowest BCUT2D eigenvalue weighted by molar-refractivity contribution is 0.573. The maximum atomic E-state index is 6.57. The van der Waals surface area contributed by atoms with Gasteiger partial charge >= 0.3 is 0 Å². The van der Waals surface area contributed by atoms with Crippen LogP contribution in [0.4, 0.5) is 34.1 Å². The standard InChI is InChI=1S/C73H56BN3O2/c1-9-52(71-46(5)53-22-14-17-28-67(53)78-71)48-38-44(3)70(45(4)39-48)77-64-42-63-58(55-23-13-16-27-61(55)75(63)50-20-11-10-12-21-50)41-60(64)74-59-40-49(73(6,7)8)32-35-62(59)76(65-36-43(2)37-66(77)69(65)74)51-33-30-47(31-34-51)54-25-19-26-57-56-24-15-18-29-68(56)79-72(54)57/h9-42H,1,5H2,2-4,6-8H3/b71-52-. The summed E-state index contributed by atoms with van der Waals surface area (Å²) in [6, 6.07) is 73.5. The fraction of sp³-hybridized carbons (Fsp3) is 0.0959. The molecular weight excluding hydrogens is 962 g/mol. The summed E-state index contributed by atoms with van der Waals surface area (Å²) in [5.41, 5.74) is 26.4. The first-order valence-corrected chi connectivity index (χ1v) is 27.4. The third-order valence-electron chi connectivity index (χ3n) is 16.9. The molecule has 15 rings (SSSR count). The summed E-state index contributed by atoms with van der Waals surface area (Å²) in [6.07, 6.45) is 1.92. The number of para-hydroxylation sites is 5. The molecular formula is C73H56BN3O2. The molecule has 2 aliphatic rings. The summed E-state index contributed by atoms with van der Waals surface area (Å²) >= 11 is 0. The lowest BCUT2D eigenvalue weighted by atomic mass is 9.33. The van der Waals surface area contributed by atoms with Crippen LogP contribution in [0.25, 0.3) is 83.7 Å². The van der Waals surface area contributed by atoms with E-state index in [1.54, 1.807) is 0 Å². The summed E-state index contributed by atoms with van der Waals surface area (Å²) < 4.78 is 15.6. The average Bonchev–Trinajstić information content (AvgIpc) is 4.01. The topological polar surface area (TPSA) is 37.7 Å². The second kappa shape index (κ2) is 17.2. The van der Waals surface area contributed by atoms with Crippen molar-refractivity contribution in [2.24, 2.45) is 0 Å². The van der Waals surface area contributed by atoms with Crippen molar-refractivity contribution in [1.82, 2.24) is 4.57 Å². The minimum absolute atomic E-state index is 0.0947. The number of furan rings is 2. The maximum absolute atomic E-state index is 6.57. The van der Waals surface area contributed by atoms with E-state index < -0.39 is 0 Å². The number of benzene rings is 10. The minimum Gasteiger partial charge on any atom is -0.455 e. The van der Waals surface area contributed by atoms with E-state index in [1.165, 1.54) is 60.9 Å². The zero-order valence-electron chi connectivity index (χ0n) is 45.3. The number of nitrogens with zero attached hydrogens (tertiary/aromatic N) is 3. The first-order valence-electron chi connectivity index (χ1n) is 27.4.